The lowest BCUT2D eigenvalue weighted by Crippen LogP contribution is -2.30. The number of aromatic nitrogens is 3. The standard InChI is InChI=1S/C39H60N5O8P/c1-2-3-4-5-6-7-8-9-10-11-12-13-14-15-16-20-25-48-27-33(51-32-21-18-17-19-22-32)28-49-53(46,47)50-29-36-35(45)26-39(30-40,52-36)37-24-23-34-38(41)42-31-43-44(34)37/h17-19,21-24,31,33,35-36,45H,2-16,20,25-29H2,1H3,(H,46,47)(H2,41,42,43)/t33-,35+,36-,39+/m1/s1. The van der Waals surface area contributed by atoms with Crippen molar-refractivity contribution in [1.29, 1.82) is 5.26 Å². The molecule has 0 radical (unpaired) electrons. The Kier molecular flexibility index (Phi) is 18.5. The zero-order chi connectivity index (χ0) is 37.8. The van der Waals surface area contributed by atoms with Gasteiger partial charge in [0.2, 0.25) is 0 Å². The zero-order valence-electron chi connectivity index (χ0n) is 31.4. The first-order chi connectivity index (χ1) is 25.8. The van der Waals surface area contributed by atoms with E-state index in [-0.39, 0.29) is 25.5 Å². The Hall–Kier alpha value is -3.08. The smallest absolute Gasteiger partial charge is 0.472 e. The lowest BCUT2D eigenvalue weighted by Gasteiger charge is -2.23. The Morgan fingerprint density at radius 2 is 1.57 bits per heavy atom. The van der Waals surface area contributed by atoms with Crippen LogP contribution in [0.5, 0.6) is 5.75 Å². The van der Waals surface area contributed by atoms with Crippen LogP contribution in [-0.2, 0) is 28.7 Å². The van der Waals surface area contributed by atoms with Crippen LogP contribution in [0, 0.1) is 11.3 Å². The summed E-state index contributed by atoms with van der Waals surface area (Å²) in [7, 11) is -4.62. The highest BCUT2D eigenvalue weighted by molar-refractivity contribution is 7.47. The number of aliphatic hydroxyl groups is 1. The van der Waals surface area contributed by atoms with Crippen molar-refractivity contribution in [3.05, 3.63) is 54.5 Å². The Morgan fingerprint density at radius 1 is 0.943 bits per heavy atom. The molecule has 2 aromatic heterocycles. The van der Waals surface area contributed by atoms with Crippen molar-refractivity contribution in [2.45, 2.75) is 140 Å². The van der Waals surface area contributed by atoms with Gasteiger partial charge < -0.3 is 29.9 Å². The van der Waals surface area contributed by atoms with Crippen LogP contribution in [0.15, 0.2) is 48.8 Å². The molecule has 53 heavy (non-hydrogen) atoms. The van der Waals surface area contributed by atoms with E-state index in [1.807, 2.05) is 18.2 Å². The molecule has 0 bridgehead atoms. The highest BCUT2D eigenvalue weighted by atomic mass is 31.2. The van der Waals surface area contributed by atoms with Crippen LogP contribution in [0.4, 0.5) is 5.82 Å². The number of hydrogen-bond donors (Lipinski definition) is 3. The second-order valence-corrected chi connectivity index (χ2v) is 15.5. The van der Waals surface area contributed by atoms with Crippen molar-refractivity contribution in [2.75, 3.05) is 32.2 Å². The fraction of sp³-hybridized carbons (Fsp3) is 0.667. The number of unbranched alkanes of at least 4 members (excludes halogenated alkanes) is 15. The quantitative estimate of drug-likeness (QED) is 0.0479. The summed E-state index contributed by atoms with van der Waals surface area (Å²) in [6.07, 6.45) is 19.0. The highest BCUT2D eigenvalue weighted by Crippen LogP contribution is 2.46. The highest BCUT2D eigenvalue weighted by Gasteiger charge is 2.50. The Balaban J connectivity index is 1.12. The Morgan fingerprint density at radius 3 is 2.19 bits per heavy atom. The molecule has 13 nitrogen and oxygen atoms in total. The molecule has 1 saturated heterocycles. The first-order valence-corrected chi connectivity index (χ1v) is 21.0. The number of benzene rings is 1. The van der Waals surface area contributed by atoms with Crippen LogP contribution in [0.25, 0.3) is 5.52 Å². The molecular formula is C39H60N5O8P. The van der Waals surface area contributed by atoms with Gasteiger partial charge in [0, 0.05) is 13.0 Å². The first kappa shape index (κ1) is 42.7. The molecule has 4 rings (SSSR count). The number of anilines is 1. The third-order valence-electron chi connectivity index (χ3n) is 9.67. The maximum atomic E-state index is 12.9. The maximum Gasteiger partial charge on any atom is 0.472 e. The van der Waals surface area contributed by atoms with Crippen LogP contribution in [-0.4, -0.2) is 69.3 Å². The van der Waals surface area contributed by atoms with Gasteiger partial charge >= 0.3 is 7.82 Å². The SMILES string of the molecule is CCCCCCCCCCCCCCCCCCOC[C@H](COP(=O)(O)OC[C@H]1O[C@@](C#N)(c2ccc3c(N)ncnn23)C[C@@H]1O)Oc1ccccc1. The number of nitriles is 1. The van der Waals surface area contributed by atoms with E-state index in [1.165, 1.54) is 101 Å². The maximum absolute atomic E-state index is 12.9. The van der Waals surface area contributed by atoms with Crippen molar-refractivity contribution in [1.82, 2.24) is 14.6 Å². The number of aliphatic hydroxyl groups excluding tert-OH is 1. The zero-order valence-corrected chi connectivity index (χ0v) is 32.3. The Bertz CT molecular complexity index is 1560. The Labute approximate surface area is 314 Å². The number of nitrogens with zero attached hydrogens (tertiary/aromatic N) is 4. The van der Waals surface area contributed by atoms with Gasteiger partial charge in [0.25, 0.3) is 0 Å². The van der Waals surface area contributed by atoms with Gasteiger partial charge in [0.05, 0.1) is 31.6 Å². The second-order valence-electron chi connectivity index (χ2n) is 14.0. The van der Waals surface area contributed by atoms with Gasteiger partial charge in [-0.1, -0.05) is 121 Å². The number of ether oxygens (including phenoxy) is 3. The van der Waals surface area contributed by atoms with Gasteiger partial charge in [0.1, 0.15) is 35.9 Å². The van der Waals surface area contributed by atoms with Crippen LogP contribution in [0.2, 0.25) is 0 Å². The minimum atomic E-state index is -4.62. The number of hydrogen-bond acceptors (Lipinski definition) is 11. The fourth-order valence-electron chi connectivity index (χ4n) is 6.67. The van der Waals surface area contributed by atoms with Crippen molar-refractivity contribution in [3.63, 3.8) is 0 Å². The number of nitrogen functional groups attached to an aromatic ring is 1. The van der Waals surface area contributed by atoms with Gasteiger partial charge in [-0.2, -0.15) is 10.4 Å². The predicted octanol–water partition coefficient (Wildman–Crippen LogP) is 8.04. The molecule has 3 aromatic rings. The van der Waals surface area contributed by atoms with Gasteiger partial charge in [-0.15, -0.1) is 0 Å². The van der Waals surface area contributed by atoms with E-state index < -0.39 is 38.3 Å². The topological polar surface area (TPSA) is 184 Å². The van der Waals surface area contributed by atoms with E-state index in [9.17, 15) is 19.8 Å². The summed E-state index contributed by atoms with van der Waals surface area (Å²) >= 11 is 0. The largest absolute Gasteiger partial charge is 0.486 e. The lowest BCUT2D eigenvalue weighted by atomic mass is 9.96. The number of rotatable bonds is 28. The van der Waals surface area contributed by atoms with Gasteiger partial charge in [0.15, 0.2) is 11.4 Å². The van der Waals surface area contributed by atoms with Crippen LogP contribution < -0.4 is 10.5 Å². The molecule has 0 aliphatic carbocycles. The average molecular weight is 758 g/mol. The van der Waals surface area contributed by atoms with Crippen LogP contribution >= 0.6 is 7.82 Å². The number of para-hydroxylation sites is 1. The van der Waals surface area contributed by atoms with E-state index >= 15 is 0 Å². The summed E-state index contributed by atoms with van der Waals surface area (Å²) in [6.45, 7) is 2.19. The van der Waals surface area contributed by atoms with Crippen molar-refractivity contribution in [2.24, 2.45) is 0 Å². The molecule has 5 atom stereocenters. The van der Waals surface area contributed by atoms with Crippen LogP contribution in [0.3, 0.4) is 0 Å². The van der Waals surface area contributed by atoms with Gasteiger partial charge in [-0.3, -0.25) is 9.05 Å². The molecule has 14 heteroatoms. The van der Waals surface area contributed by atoms with Crippen LogP contribution in [0.1, 0.15) is 122 Å². The third kappa shape index (κ3) is 14.3. The number of phosphoric acid groups is 1. The van der Waals surface area contributed by atoms with Crippen molar-refractivity contribution in [3.8, 4) is 11.8 Å². The molecule has 4 N–H and O–H groups in total. The summed E-state index contributed by atoms with van der Waals surface area (Å²) in [5.41, 5.74) is 5.15. The molecular weight excluding hydrogens is 697 g/mol. The van der Waals surface area contributed by atoms with Gasteiger partial charge in [-0.05, 0) is 30.7 Å². The van der Waals surface area contributed by atoms with E-state index in [0.29, 0.717) is 23.6 Å². The minimum Gasteiger partial charge on any atom is -0.486 e. The van der Waals surface area contributed by atoms with E-state index in [1.54, 1.807) is 24.3 Å². The average Bonchev–Trinajstić information content (AvgIpc) is 3.75. The fourth-order valence-corrected chi connectivity index (χ4v) is 7.43. The number of phosphoric ester groups is 1. The minimum absolute atomic E-state index is 0.117. The molecule has 1 aliphatic heterocycles. The number of fused-ring (bicyclic) bond motifs is 1. The summed E-state index contributed by atoms with van der Waals surface area (Å²) in [5, 5.41) is 25.0. The number of nitrogens with two attached hydrogens (primary N) is 1. The van der Waals surface area contributed by atoms with Gasteiger partial charge in [-0.25, -0.2) is 14.1 Å². The summed E-state index contributed by atoms with van der Waals surface area (Å²) < 4.78 is 42.8. The molecule has 0 amide bonds. The van der Waals surface area contributed by atoms with Crippen molar-refractivity contribution < 1.29 is 37.8 Å². The summed E-state index contributed by atoms with van der Waals surface area (Å²) in [4.78, 5) is 14.5. The third-order valence-corrected chi connectivity index (χ3v) is 10.6. The normalized spacial score (nSPS) is 20.3. The molecule has 1 aliphatic rings. The second kappa shape index (κ2) is 23.0. The molecule has 3 heterocycles. The first-order valence-electron chi connectivity index (χ1n) is 19.5. The summed E-state index contributed by atoms with van der Waals surface area (Å²) in [5.74, 6) is 0.789. The molecule has 1 fully saturated rings. The molecule has 294 valence electrons. The molecule has 0 saturated carbocycles. The van der Waals surface area contributed by atoms with Crippen molar-refractivity contribution >= 4 is 19.2 Å². The van der Waals surface area contributed by atoms with E-state index in [4.69, 9.17) is 29.0 Å². The van der Waals surface area contributed by atoms with E-state index in [2.05, 4.69) is 23.1 Å². The molecule has 1 unspecified atom stereocenters. The molecule has 0 spiro atoms. The molecule has 1 aromatic carbocycles. The monoisotopic (exact) mass is 757 g/mol. The lowest BCUT2D eigenvalue weighted by molar-refractivity contribution is -0.0540. The van der Waals surface area contributed by atoms with E-state index in [0.717, 1.165) is 12.8 Å². The predicted molar refractivity (Wildman–Crippen MR) is 203 cm³/mol. The summed E-state index contributed by atoms with van der Waals surface area (Å²) in [6, 6.07) is 14.5.